The molecular formula is C16H26N4O2S. The van der Waals surface area contributed by atoms with E-state index in [4.69, 9.17) is 0 Å². The van der Waals surface area contributed by atoms with E-state index in [1.807, 2.05) is 12.1 Å². The Kier molecular flexibility index (Phi) is 5.33. The third-order valence-electron chi connectivity index (χ3n) is 4.63. The summed E-state index contributed by atoms with van der Waals surface area (Å²) in [5.41, 5.74) is 7.57. The maximum atomic E-state index is 11.5. The van der Waals surface area contributed by atoms with Gasteiger partial charge in [-0.1, -0.05) is 12.1 Å². The predicted octanol–water partition coefficient (Wildman–Crippen LogP) is 0.687. The molecule has 7 heteroatoms. The highest BCUT2D eigenvalue weighted by Crippen LogP contribution is 2.25. The molecule has 0 saturated carbocycles. The molecule has 0 spiro atoms. The monoisotopic (exact) mass is 338 g/mol. The van der Waals surface area contributed by atoms with Crippen LogP contribution in [-0.4, -0.2) is 40.0 Å². The molecule has 128 valence electrons. The van der Waals surface area contributed by atoms with E-state index < -0.39 is 9.84 Å². The number of hydrogen-bond donors (Lipinski definition) is 4. The molecule has 3 unspecified atom stereocenters. The Balaban J connectivity index is 1.57. The molecule has 6 nitrogen and oxygen atoms in total. The van der Waals surface area contributed by atoms with Crippen LogP contribution in [-0.2, 0) is 9.84 Å². The van der Waals surface area contributed by atoms with Crippen LogP contribution in [0.1, 0.15) is 37.3 Å². The second kappa shape index (κ2) is 7.27. The lowest BCUT2D eigenvalue weighted by atomic mass is 9.96. The Hall–Kier alpha value is -0.990. The van der Waals surface area contributed by atoms with E-state index in [0.717, 1.165) is 37.9 Å². The molecule has 4 N–H and O–H groups in total. The van der Waals surface area contributed by atoms with Crippen LogP contribution in [0.5, 0.6) is 0 Å². The molecule has 0 aromatic heterocycles. The fourth-order valence-electron chi connectivity index (χ4n) is 3.28. The first-order chi connectivity index (χ1) is 11.0. The molecule has 0 radical (unpaired) electrons. The highest BCUT2D eigenvalue weighted by atomic mass is 32.2. The van der Waals surface area contributed by atoms with E-state index in [1.165, 1.54) is 12.7 Å². The zero-order valence-corrected chi connectivity index (χ0v) is 14.3. The van der Waals surface area contributed by atoms with Gasteiger partial charge in [-0.25, -0.2) is 8.42 Å². The number of benzene rings is 1. The number of piperidine rings is 1. The van der Waals surface area contributed by atoms with Crippen molar-refractivity contribution in [3.63, 3.8) is 0 Å². The van der Waals surface area contributed by atoms with Crippen LogP contribution in [0.15, 0.2) is 29.2 Å². The van der Waals surface area contributed by atoms with Gasteiger partial charge in [0.15, 0.2) is 9.84 Å². The maximum absolute atomic E-state index is 11.5. The smallest absolute Gasteiger partial charge is 0.175 e. The van der Waals surface area contributed by atoms with Gasteiger partial charge in [0.05, 0.1) is 11.1 Å². The Morgan fingerprint density at radius 2 is 1.96 bits per heavy atom. The van der Waals surface area contributed by atoms with Crippen LogP contribution in [0, 0.1) is 0 Å². The van der Waals surface area contributed by atoms with Gasteiger partial charge in [0.1, 0.15) is 0 Å². The average molecular weight is 338 g/mol. The van der Waals surface area contributed by atoms with Gasteiger partial charge in [-0.3, -0.25) is 16.2 Å². The summed E-state index contributed by atoms with van der Waals surface area (Å²) in [6.07, 6.45) is 6.07. The van der Waals surface area contributed by atoms with Gasteiger partial charge in [-0.05, 0) is 43.4 Å². The second-order valence-corrected chi connectivity index (χ2v) is 8.52. The van der Waals surface area contributed by atoms with Gasteiger partial charge in [0.2, 0.25) is 0 Å². The van der Waals surface area contributed by atoms with Crippen molar-refractivity contribution in [2.75, 3.05) is 19.3 Å². The molecule has 1 aromatic carbocycles. The van der Waals surface area contributed by atoms with E-state index >= 15 is 0 Å². The molecule has 3 rings (SSSR count). The largest absolute Gasteiger partial charge is 0.300 e. The molecule has 2 saturated heterocycles. The van der Waals surface area contributed by atoms with Crippen molar-refractivity contribution in [2.24, 2.45) is 0 Å². The molecule has 2 heterocycles. The normalized spacial score (nSPS) is 28.8. The zero-order valence-electron chi connectivity index (χ0n) is 13.5. The van der Waals surface area contributed by atoms with Crippen LogP contribution in [0.3, 0.4) is 0 Å². The van der Waals surface area contributed by atoms with Crippen molar-refractivity contribution in [3.8, 4) is 0 Å². The third-order valence-corrected chi connectivity index (χ3v) is 5.76. The lowest BCUT2D eigenvalue weighted by Gasteiger charge is -2.32. The number of rotatable bonds is 5. The SMILES string of the molecule is CS(=O)(=O)c1ccc(C2CCCC(NCC3CCNN3)N2)cc1. The van der Waals surface area contributed by atoms with Crippen molar-refractivity contribution in [2.45, 2.75) is 48.8 Å². The molecule has 1 aromatic rings. The minimum atomic E-state index is -3.12. The van der Waals surface area contributed by atoms with Gasteiger partial charge in [0, 0.05) is 31.4 Å². The van der Waals surface area contributed by atoms with Crippen LogP contribution in [0.4, 0.5) is 0 Å². The first-order valence-corrected chi connectivity index (χ1v) is 10.2. The number of hydrogen-bond acceptors (Lipinski definition) is 6. The third kappa shape index (κ3) is 4.51. The summed E-state index contributed by atoms with van der Waals surface area (Å²) in [7, 11) is -3.12. The molecule has 23 heavy (non-hydrogen) atoms. The summed E-state index contributed by atoms with van der Waals surface area (Å²) < 4.78 is 23.1. The van der Waals surface area contributed by atoms with Gasteiger partial charge in [-0.2, -0.15) is 0 Å². The van der Waals surface area contributed by atoms with Crippen molar-refractivity contribution < 1.29 is 8.42 Å². The molecule has 0 aliphatic carbocycles. The lowest BCUT2D eigenvalue weighted by molar-refractivity contribution is 0.276. The van der Waals surface area contributed by atoms with Crippen molar-refractivity contribution in [3.05, 3.63) is 29.8 Å². The van der Waals surface area contributed by atoms with Gasteiger partial charge in [-0.15, -0.1) is 0 Å². The van der Waals surface area contributed by atoms with Crippen LogP contribution in [0.2, 0.25) is 0 Å². The highest BCUT2D eigenvalue weighted by Gasteiger charge is 2.23. The first kappa shape index (κ1) is 16.9. The number of sulfone groups is 1. The lowest BCUT2D eigenvalue weighted by Crippen LogP contribution is -2.50. The summed E-state index contributed by atoms with van der Waals surface area (Å²) >= 11 is 0. The van der Waals surface area contributed by atoms with E-state index in [2.05, 4.69) is 21.5 Å². The van der Waals surface area contributed by atoms with Crippen molar-refractivity contribution in [1.82, 2.24) is 21.5 Å². The fraction of sp³-hybridized carbons (Fsp3) is 0.625. The summed E-state index contributed by atoms with van der Waals surface area (Å²) in [6, 6.07) is 8.04. The highest BCUT2D eigenvalue weighted by molar-refractivity contribution is 7.90. The summed E-state index contributed by atoms with van der Waals surface area (Å²) in [4.78, 5) is 0.381. The molecule has 0 amide bonds. The predicted molar refractivity (Wildman–Crippen MR) is 90.6 cm³/mol. The molecule has 2 aliphatic heterocycles. The van der Waals surface area contributed by atoms with E-state index in [0.29, 0.717) is 17.1 Å². The minimum absolute atomic E-state index is 0.282. The second-order valence-electron chi connectivity index (χ2n) is 6.51. The topological polar surface area (TPSA) is 82.3 Å². The number of hydrazine groups is 1. The Morgan fingerprint density at radius 1 is 1.17 bits per heavy atom. The van der Waals surface area contributed by atoms with Crippen molar-refractivity contribution >= 4 is 9.84 Å². The summed E-state index contributed by atoms with van der Waals surface area (Å²) in [6.45, 7) is 1.98. The first-order valence-electron chi connectivity index (χ1n) is 8.30. The Bertz CT molecular complexity index is 611. The quantitative estimate of drug-likeness (QED) is 0.632. The van der Waals surface area contributed by atoms with E-state index in [9.17, 15) is 8.42 Å². The zero-order chi connectivity index (χ0) is 16.3. The fourth-order valence-corrected chi connectivity index (χ4v) is 3.91. The summed E-state index contributed by atoms with van der Waals surface area (Å²) in [5, 5.41) is 7.23. The van der Waals surface area contributed by atoms with Gasteiger partial charge in [0.25, 0.3) is 0 Å². The Morgan fingerprint density at radius 3 is 2.61 bits per heavy atom. The van der Waals surface area contributed by atoms with Gasteiger partial charge >= 0.3 is 0 Å². The van der Waals surface area contributed by atoms with Gasteiger partial charge < -0.3 is 5.32 Å². The minimum Gasteiger partial charge on any atom is -0.300 e. The summed E-state index contributed by atoms with van der Waals surface area (Å²) in [5.74, 6) is 0. The maximum Gasteiger partial charge on any atom is 0.175 e. The molecular weight excluding hydrogens is 312 g/mol. The van der Waals surface area contributed by atoms with Crippen LogP contribution >= 0.6 is 0 Å². The number of nitrogens with one attached hydrogen (secondary N) is 4. The van der Waals surface area contributed by atoms with E-state index in [-0.39, 0.29) is 6.04 Å². The van der Waals surface area contributed by atoms with Crippen LogP contribution in [0.25, 0.3) is 0 Å². The van der Waals surface area contributed by atoms with E-state index in [1.54, 1.807) is 12.1 Å². The average Bonchev–Trinajstić information content (AvgIpc) is 3.06. The molecule has 0 bridgehead atoms. The van der Waals surface area contributed by atoms with Crippen LogP contribution < -0.4 is 21.5 Å². The molecule has 2 aliphatic rings. The Labute approximate surface area is 138 Å². The molecule has 3 atom stereocenters. The molecule has 2 fully saturated rings. The van der Waals surface area contributed by atoms with Crippen molar-refractivity contribution in [1.29, 1.82) is 0 Å². The standard InChI is InChI=1S/C16H26N4O2S/c1-23(21,22)14-7-5-12(6-8-14)15-3-2-4-16(19-15)17-11-13-9-10-18-20-13/h5-8,13,15-20H,2-4,9-11H2,1H3.